The van der Waals surface area contributed by atoms with Crippen LogP contribution in [0.2, 0.25) is 0 Å². The van der Waals surface area contributed by atoms with E-state index >= 15 is 0 Å². The fraction of sp³-hybridized carbons (Fsp3) is 0. The van der Waals surface area contributed by atoms with E-state index in [1.54, 1.807) is 17.5 Å². The van der Waals surface area contributed by atoms with E-state index in [4.69, 9.17) is 0 Å². The molecule has 0 saturated carbocycles. The zero-order valence-corrected chi connectivity index (χ0v) is 8.49. The van der Waals surface area contributed by atoms with Gasteiger partial charge in [0.1, 0.15) is 11.5 Å². The summed E-state index contributed by atoms with van der Waals surface area (Å²) in [5, 5.41) is 20.5. The fourth-order valence-electron chi connectivity index (χ4n) is 1.25. The van der Waals surface area contributed by atoms with Crippen molar-refractivity contribution in [3.8, 4) is 11.5 Å². The maximum atomic E-state index is 11.8. The third-order valence-electron chi connectivity index (χ3n) is 1.97. The molecule has 0 atom stereocenters. The second-order valence-corrected chi connectivity index (χ2v) is 3.96. The van der Waals surface area contributed by atoms with Gasteiger partial charge in [0.05, 0.1) is 10.4 Å². The Bertz CT molecular complexity index is 489. The van der Waals surface area contributed by atoms with Crippen LogP contribution < -0.4 is 0 Å². The lowest BCUT2D eigenvalue weighted by Gasteiger charge is -2.02. The summed E-state index contributed by atoms with van der Waals surface area (Å²) in [4.78, 5) is 12.4. The van der Waals surface area contributed by atoms with Crippen LogP contribution >= 0.6 is 11.3 Å². The van der Waals surface area contributed by atoms with Gasteiger partial charge in [0.25, 0.3) is 0 Å². The molecule has 0 aliphatic heterocycles. The Morgan fingerprint density at radius 3 is 2.67 bits per heavy atom. The van der Waals surface area contributed by atoms with Crippen LogP contribution in [-0.2, 0) is 0 Å². The van der Waals surface area contributed by atoms with E-state index in [2.05, 4.69) is 0 Å². The smallest absolute Gasteiger partial charge is 0.206 e. The SMILES string of the molecule is O=C(c1cccs1)c1cc(O)ccc1O. The Morgan fingerprint density at radius 2 is 2.00 bits per heavy atom. The molecule has 1 heterocycles. The van der Waals surface area contributed by atoms with Gasteiger partial charge >= 0.3 is 0 Å². The van der Waals surface area contributed by atoms with Crippen LogP contribution in [0, 0.1) is 0 Å². The van der Waals surface area contributed by atoms with Crippen LogP contribution in [0.1, 0.15) is 15.2 Å². The van der Waals surface area contributed by atoms with Crippen molar-refractivity contribution in [2.24, 2.45) is 0 Å². The Kier molecular flexibility index (Phi) is 2.43. The van der Waals surface area contributed by atoms with Crippen molar-refractivity contribution in [3.63, 3.8) is 0 Å². The van der Waals surface area contributed by atoms with Crippen LogP contribution in [0.25, 0.3) is 0 Å². The van der Waals surface area contributed by atoms with Gasteiger partial charge in [-0.05, 0) is 29.6 Å². The van der Waals surface area contributed by atoms with Crippen LogP contribution in [0.3, 0.4) is 0 Å². The Hall–Kier alpha value is -1.81. The molecular formula is C11H8O3S. The van der Waals surface area contributed by atoms with E-state index in [0.717, 1.165) is 0 Å². The van der Waals surface area contributed by atoms with Crippen molar-refractivity contribution in [2.45, 2.75) is 0 Å². The molecule has 1 aromatic heterocycles. The number of ketones is 1. The number of phenols is 2. The van der Waals surface area contributed by atoms with E-state index in [0.29, 0.717) is 4.88 Å². The van der Waals surface area contributed by atoms with Crippen molar-refractivity contribution < 1.29 is 15.0 Å². The van der Waals surface area contributed by atoms with Gasteiger partial charge < -0.3 is 10.2 Å². The summed E-state index contributed by atoms with van der Waals surface area (Å²) in [5.74, 6) is -0.433. The molecule has 2 N–H and O–H groups in total. The zero-order chi connectivity index (χ0) is 10.8. The molecule has 0 amide bonds. The first-order valence-electron chi connectivity index (χ1n) is 4.28. The standard InChI is InChI=1S/C11H8O3S/c12-7-3-4-9(13)8(6-7)11(14)10-2-1-5-15-10/h1-6,12-13H. The monoisotopic (exact) mass is 220 g/mol. The summed E-state index contributed by atoms with van der Waals surface area (Å²) in [6.45, 7) is 0. The largest absolute Gasteiger partial charge is 0.508 e. The van der Waals surface area contributed by atoms with Gasteiger partial charge in [0.15, 0.2) is 0 Å². The second kappa shape index (κ2) is 3.74. The number of benzene rings is 1. The van der Waals surface area contributed by atoms with Gasteiger partial charge in [0.2, 0.25) is 5.78 Å². The first-order valence-corrected chi connectivity index (χ1v) is 5.16. The van der Waals surface area contributed by atoms with Gasteiger partial charge in [-0.1, -0.05) is 6.07 Å². The van der Waals surface area contributed by atoms with Crippen LogP contribution in [0.4, 0.5) is 0 Å². The summed E-state index contributed by atoms with van der Waals surface area (Å²) < 4.78 is 0. The molecule has 0 saturated heterocycles. The molecule has 2 rings (SSSR count). The molecule has 0 unspecified atom stereocenters. The van der Waals surface area contributed by atoms with Crippen molar-refractivity contribution in [3.05, 3.63) is 46.2 Å². The molecule has 0 spiro atoms. The highest BCUT2D eigenvalue weighted by molar-refractivity contribution is 7.12. The lowest BCUT2D eigenvalue weighted by Crippen LogP contribution is -1.98. The molecule has 15 heavy (non-hydrogen) atoms. The minimum atomic E-state index is -0.279. The minimum Gasteiger partial charge on any atom is -0.508 e. The summed E-state index contributed by atoms with van der Waals surface area (Å²) >= 11 is 1.30. The fourth-order valence-corrected chi connectivity index (χ4v) is 1.92. The molecule has 0 aliphatic carbocycles. The summed E-state index contributed by atoms with van der Waals surface area (Å²) in [5.41, 5.74) is 0.123. The maximum Gasteiger partial charge on any atom is 0.206 e. The van der Waals surface area contributed by atoms with Crippen LogP contribution in [0.5, 0.6) is 11.5 Å². The lowest BCUT2D eigenvalue weighted by atomic mass is 10.1. The Morgan fingerprint density at radius 1 is 1.20 bits per heavy atom. The molecule has 0 radical (unpaired) electrons. The summed E-state index contributed by atoms with van der Waals surface area (Å²) in [7, 11) is 0. The molecule has 76 valence electrons. The summed E-state index contributed by atoms with van der Waals surface area (Å²) in [6.07, 6.45) is 0. The summed E-state index contributed by atoms with van der Waals surface area (Å²) in [6, 6.07) is 7.34. The van der Waals surface area contributed by atoms with Gasteiger partial charge in [0, 0.05) is 0 Å². The quantitative estimate of drug-likeness (QED) is 0.603. The number of phenolic OH excluding ortho intramolecular Hbond substituents is 2. The number of rotatable bonds is 2. The molecule has 2 aromatic rings. The highest BCUT2D eigenvalue weighted by Crippen LogP contribution is 2.26. The molecule has 0 bridgehead atoms. The van der Waals surface area contributed by atoms with Gasteiger partial charge in [-0.15, -0.1) is 11.3 Å². The molecule has 1 aromatic carbocycles. The lowest BCUT2D eigenvalue weighted by molar-refractivity contribution is 0.103. The first kappa shape index (κ1) is 9.73. The number of hydrogen-bond acceptors (Lipinski definition) is 4. The average Bonchev–Trinajstić information content (AvgIpc) is 2.74. The second-order valence-electron chi connectivity index (χ2n) is 3.01. The minimum absolute atomic E-state index is 0.0345. The predicted molar refractivity (Wildman–Crippen MR) is 57.5 cm³/mol. The number of carbonyl (C=O) groups is 1. The highest BCUT2D eigenvalue weighted by atomic mass is 32.1. The maximum absolute atomic E-state index is 11.8. The molecule has 4 heteroatoms. The van der Waals surface area contributed by atoms with Crippen LogP contribution in [-0.4, -0.2) is 16.0 Å². The Balaban J connectivity index is 2.46. The number of hydrogen-bond donors (Lipinski definition) is 2. The van der Waals surface area contributed by atoms with E-state index in [1.165, 1.54) is 29.5 Å². The number of carbonyl (C=O) groups excluding carboxylic acids is 1. The van der Waals surface area contributed by atoms with E-state index in [-0.39, 0.29) is 22.8 Å². The van der Waals surface area contributed by atoms with Crippen molar-refractivity contribution in [2.75, 3.05) is 0 Å². The molecular weight excluding hydrogens is 212 g/mol. The topological polar surface area (TPSA) is 57.5 Å². The van der Waals surface area contributed by atoms with Gasteiger partial charge in [-0.3, -0.25) is 4.79 Å². The van der Waals surface area contributed by atoms with Gasteiger partial charge in [-0.2, -0.15) is 0 Å². The zero-order valence-electron chi connectivity index (χ0n) is 7.68. The number of aromatic hydroxyl groups is 2. The van der Waals surface area contributed by atoms with Crippen molar-refractivity contribution in [1.29, 1.82) is 0 Å². The van der Waals surface area contributed by atoms with E-state index in [1.807, 2.05) is 0 Å². The van der Waals surface area contributed by atoms with E-state index in [9.17, 15) is 15.0 Å². The van der Waals surface area contributed by atoms with Crippen LogP contribution in [0.15, 0.2) is 35.7 Å². The molecule has 0 aliphatic rings. The molecule has 0 fully saturated rings. The predicted octanol–water partition coefficient (Wildman–Crippen LogP) is 2.39. The highest BCUT2D eigenvalue weighted by Gasteiger charge is 2.14. The van der Waals surface area contributed by atoms with E-state index < -0.39 is 0 Å². The van der Waals surface area contributed by atoms with Gasteiger partial charge in [-0.25, -0.2) is 0 Å². The normalized spacial score (nSPS) is 10.1. The number of thiophene rings is 1. The van der Waals surface area contributed by atoms with Crippen molar-refractivity contribution >= 4 is 17.1 Å². The average molecular weight is 220 g/mol. The third-order valence-corrected chi connectivity index (χ3v) is 2.84. The third kappa shape index (κ3) is 1.85. The Labute approximate surface area is 90.2 Å². The first-order chi connectivity index (χ1) is 7.18. The molecule has 3 nitrogen and oxygen atoms in total. The van der Waals surface area contributed by atoms with Crippen molar-refractivity contribution in [1.82, 2.24) is 0 Å².